The van der Waals surface area contributed by atoms with E-state index in [-0.39, 0.29) is 19.4 Å². The molecule has 12 nitrogen and oxygen atoms in total. The van der Waals surface area contributed by atoms with Crippen LogP contribution in [-0.2, 0) is 38.7 Å². The fourth-order valence-corrected chi connectivity index (χ4v) is 7.43. The third-order valence-corrected chi connectivity index (χ3v) is 11.2. The van der Waals surface area contributed by atoms with Crippen LogP contribution >= 0.6 is 0 Å². The van der Waals surface area contributed by atoms with Crippen LogP contribution in [0, 0.1) is 0 Å². The van der Waals surface area contributed by atoms with Crippen molar-refractivity contribution in [3.8, 4) is 0 Å². The maximum Gasteiger partial charge on any atom is 0.306 e. The summed E-state index contributed by atoms with van der Waals surface area (Å²) in [4.78, 5) is 25.4. The van der Waals surface area contributed by atoms with Crippen LogP contribution in [0.1, 0.15) is 168 Å². The summed E-state index contributed by atoms with van der Waals surface area (Å²) in [6, 6.07) is 0. The third kappa shape index (κ3) is 34.2. The average molecular weight is 921 g/mol. The molecule has 4 N–H and O–H groups in total. The summed E-state index contributed by atoms with van der Waals surface area (Å²) in [5.74, 6) is -2.09. The van der Waals surface area contributed by atoms with Crippen molar-refractivity contribution in [2.75, 3.05) is 19.0 Å². The Bertz CT molecular complexity index is 1500. The van der Waals surface area contributed by atoms with E-state index in [1.807, 2.05) is 6.08 Å². The van der Waals surface area contributed by atoms with Crippen molar-refractivity contribution in [1.29, 1.82) is 0 Å². The molecule has 0 aromatic rings. The van der Waals surface area contributed by atoms with Crippen molar-refractivity contribution in [1.82, 2.24) is 0 Å². The molecule has 0 saturated carbocycles. The normalized spacial score (nSPS) is 20.4. The molecule has 366 valence electrons. The van der Waals surface area contributed by atoms with Crippen LogP contribution in [0.25, 0.3) is 0 Å². The van der Waals surface area contributed by atoms with Gasteiger partial charge in [-0.05, 0) is 83.5 Å². The van der Waals surface area contributed by atoms with E-state index in [0.29, 0.717) is 19.3 Å². The number of aliphatic hydroxyl groups is 3. The number of hydrogen-bond donors (Lipinski definition) is 4. The largest absolute Gasteiger partial charge is 0.462 e. The monoisotopic (exact) mass is 921 g/mol. The van der Waals surface area contributed by atoms with Gasteiger partial charge in [-0.15, -0.1) is 0 Å². The van der Waals surface area contributed by atoms with E-state index in [4.69, 9.17) is 18.9 Å². The highest BCUT2D eigenvalue weighted by Gasteiger charge is 2.46. The lowest BCUT2D eigenvalue weighted by atomic mass is 10.00. The van der Waals surface area contributed by atoms with Gasteiger partial charge in [-0.25, -0.2) is 0 Å². The summed E-state index contributed by atoms with van der Waals surface area (Å²) >= 11 is 0. The van der Waals surface area contributed by atoms with E-state index in [1.54, 1.807) is 0 Å². The van der Waals surface area contributed by atoms with Gasteiger partial charge in [0.2, 0.25) is 0 Å². The number of hydrogen-bond acceptors (Lipinski definition) is 11. The van der Waals surface area contributed by atoms with Crippen LogP contribution in [0.2, 0.25) is 0 Å². The lowest BCUT2D eigenvalue weighted by molar-refractivity contribution is -0.297. The van der Waals surface area contributed by atoms with Gasteiger partial charge in [-0.1, -0.05) is 157 Å². The molecular formula is C51H84O12S. The van der Waals surface area contributed by atoms with Crippen LogP contribution in [0.5, 0.6) is 0 Å². The smallest absolute Gasteiger partial charge is 0.306 e. The number of aliphatic hydroxyl groups excluding tert-OH is 3. The number of unbranched alkanes of at least 4 members (excludes halogenated alkanes) is 13. The lowest BCUT2D eigenvalue weighted by Gasteiger charge is -2.40. The zero-order valence-corrected chi connectivity index (χ0v) is 39.9. The fourth-order valence-electron chi connectivity index (χ4n) is 6.74. The van der Waals surface area contributed by atoms with Crippen LogP contribution in [0.15, 0.2) is 85.1 Å². The molecule has 1 fully saturated rings. The van der Waals surface area contributed by atoms with Gasteiger partial charge in [-0.3, -0.25) is 14.1 Å². The molecule has 0 aromatic heterocycles. The molecule has 0 radical (unpaired) electrons. The quantitative estimate of drug-likeness (QED) is 0.0198. The highest BCUT2D eigenvalue weighted by atomic mass is 32.2. The van der Waals surface area contributed by atoms with Gasteiger partial charge in [0, 0.05) is 12.8 Å². The second kappa shape index (κ2) is 40.1. The minimum atomic E-state index is -4.62. The fraction of sp³-hybridized carbons (Fsp3) is 0.686. The molecule has 2 unspecified atom stereocenters. The van der Waals surface area contributed by atoms with Crippen LogP contribution in [0.3, 0.4) is 0 Å². The maximum absolute atomic E-state index is 12.8. The maximum atomic E-state index is 12.8. The Balaban J connectivity index is 2.48. The molecule has 13 heteroatoms. The third-order valence-electron chi connectivity index (χ3n) is 10.5. The molecule has 0 aliphatic carbocycles. The van der Waals surface area contributed by atoms with Crippen molar-refractivity contribution in [3.63, 3.8) is 0 Å². The Kier molecular flexibility index (Phi) is 36.9. The van der Waals surface area contributed by atoms with Gasteiger partial charge in [0.25, 0.3) is 10.1 Å². The number of allylic oxidation sites excluding steroid dienone is 14. The van der Waals surface area contributed by atoms with E-state index in [2.05, 4.69) is 92.8 Å². The first-order valence-electron chi connectivity index (χ1n) is 24.1. The molecule has 6 atom stereocenters. The summed E-state index contributed by atoms with van der Waals surface area (Å²) in [6.45, 7) is 3.58. The number of esters is 2. The van der Waals surface area contributed by atoms with Gasteiger partial charge >= 0.3 is 11.9 Å². The number of carbonyl (C=O) groups excluding carboxylic acids is 2. The Labute approximate surface area is 386 Å². The molecule has 0 aromatic carbocycles. The minimum absolute atomic E-state index is 0.0883. The predicted octanol–water partition coefficient (Wildman–Crippen LogP) is 10.4. The van der Waals surface area contributed by atoms with Crippen LogP contribution in [-0.4, -0.2) is 96.0 Å². The zero-order valence-electron chi connectivity index (χ0n) is 39.1. The number of rotatable bonds is 39. The van der Waals surface area contributed by atoms with Crippen molar-refractivity contribution in [3.05, 3.63) is 85.1 Å². The van der Waals surface area contributed by atoms with Gasteiger partial charge < -0.3 is 34.3 Å². The zero-order chi connectivity index (χ0) is 46.9. The average Bonchev–Trinajstić information content (AvgIpc) is 3.26. The summed E-state index contributed by atoms with van der Waals surface area (Å²) in [5.41, 5.74) is 0. The number of carbonyl (C=O) groups is 2. The van der Waals surface area contributed by atoms with E-state index >= 15 is 0 Å². The van der Waals surface area contributed by atoms with Crippen molar-refractivity contribution < 1.29 is 56.8 Å². The Morgan fingerprint density at radius 1 is 0.547 bits per heavy atom. The Hall–Kier alpha value is -3.17. The van der Waals surface area contributed by atoms with E-state index < -0.39 is 71.2 Å². The van der Waals surface area contributed by atoms with Crippen molar-refractivity contribution in [2.45, 2.75) is 205 Å². The van der Waals surface area contributed by atoms with Gasteiger partial charge in [-0.2, -0.15) is 8.42 Å². The van der Waals surface area contributed by atoms with Crippen LogP contribution < -0.4 is 0 Å². The predicted molar refractivity (Wildman–Crippen MR) is 256 cm³/mol. The van der Waals surface area contributed by atoms with E-state index in [1.165, 1.54) is 57.8 Å². The topological polar surface area (TPSA) is 186 Å². The molecule has 0 amide bonds. The molecule has 64 heavy (non-hydrogen) atoms. The lowest BCUT2D eigenvalue weighted by Crippen LogP contribution is -2.60. The summed E-state index contributed by atoms with van der Waals surface area (Å²) in [6.07, 6.45) is 43.5. The molecule has 1 aliphatic heterocycles. The second-order valence-corrected chi connectivity index (χ2v) is 17.9. The molecular weight excluding hydrogens is 837 g/mol. The number of ether oxygens (including phenoxy) is 4. The molecule has 0 bridgehead atoms. The first kappa shape index (κ1) is 58.8. The highest BCUT2D eigenvalue weighted by molar-refractivity contribution is 7.85. The van der Waals surface area contributed by atoms with Gasteiger partial charge in [0.1, 0.15) is 36.8 Å². The minimum Gasteiger partial charge on any atom is -0.462 e. The molecule has 1 heterocycles. The summed E-state index contributed by atoms with van der Waals surface area (Å²) in [5, 5.41) is 30.9. The van der Waals surface area contributed by atoms with Gasteiger partial charge in [0.05, 0.1) is 6.61 Å². The first-order chi connectivity index (χ1) is 31.0. The standard InChI is InChI=1S/C51H84O12S/c1-3-5-7-9-11-13-15-17-19-21-22-24-25-27-29-31-33-35-37-39-46(52)60-41-44(42-61-51-50(56)49(55)48(54)45(63-51)43-64(57,58)59)62-47(53)40-38-36-34-32-30-28-26-23-20-18-16-14-12-10-8-6-4-2/h5,7,11,13,17,19,22,24,26-29,32,34,44-45,48-51,54-56H,3-4,6,8-10,12,14-16,18,20-21,23,25,30-31,33,35-43H2,1-2H3,(H,57,58,59)/b7-5+,13-11+,19-17+,24-22+,28-26+,29-27+,34-32+/t44-,45-,48-,49?,50?,51+/m1/s1. The van der Waals surface area contributed by atoms with Crippen molar-refractivity contribution >= 4 is 22.1 Å². The summed E-state index contributed by atoms with van der Waals surface area (Å²) < 4.78 is 54.1. The summed E-state index contributed by atoms with van der Waals surface area (Å²) in [7, 11) is -4.62. The molecule has 1 aliphatic rings. The Morgan fingerprint density at radius 2 is 1.00 bits per heavy atom. The molecule has 1 rings (SSSR count). The van der Waals surface area contributed by atoms with E-state index in [0.717, 1.165) is 64.2 Å². The van der Waals surface area contributed by atoms with E-state index in [9.17, 15) is 37.9 Å². The first-order valence-corrected chi connectivity index (χ1v) is 25.8. The highest BCUT2D eigenvalue weighted by Crippen LogP contribution is 2.24. The molecule has 1 saturated heterocycles. The van der Waals surface area contributed by atoms with Crippen molar-refractivity contribution in [2.24, 2.45) is 0 Å². The SMILES string of the molecule is CC/C=C/C/C=C/C/C=C/C/C=C/C/C=C/CCCCCC(=O)OC[C@H](CO[C@H]1O[C@H](CS(=O)(=O)O)[C@@H](O)C(O)C1O)OC(=O)CCC/C=C/C/C=C/CCCCCCCCCCC. The van der Waals surface area contributed by atoms with Gasteiger partial charge in [0.15, 0.2) is 12.4 Å². The second-order valence-electron chi connectivity index (χ2n) is 16.4. The van der Waals surface area contributed by atoms with Crippen LogP contribution in [0.4, 0.5) is 0 Å². The molecule has 0 spiro atoms. The Morgan fingerprint density at radius 3 is 1.52 bits per heavy atom.